The van der Waals surface area contributed by atoms with Crippen LogP contribution in [0.3, 0.4) is 0 Å². The molecule has 27 heavy (non-hydrogen) atoms. The normalized spacial score (nSPS) is 11.4. The molecule has 140 valence electrons. The summed E-state index contributed by atoms with van der Waals surface area (Å²) in [6.07, 6.45) is 1.76. The first-order chi connectivity index (χ1) is 12.7. The highest BCUT2D eigenvalue weighted by atomic mass is 35.5. The Bertz CT molecular complexity index is 959. The van der Waals surface area contributed by atoms with Gasteiger partial charge in [0.1, 0.15) is 6.61 Å². The van der Waals surface area contributed by atoms with Crippen LogP contribution in [0.15, 0.2) is 54.7 Å². The first-order valence-corrected chi connectivity index (χ1v) is 8.84. The maximum Gasteiger partial charge on any atom is 0.276 e. The second-order valence-electron chi connectivity index (χ2n) is 7.21. The van der Waals surface area contributed by atoms with Gasteiger partial charge in [0.05, 0.1) is 16.2 Å². The minimum absolute atomic E-state index is 0.0551. The van der Waals surface area contributed by atoms with E-state index in [0.29, 0.717) is 16.5 Å². The second kappa shape index (κ2) is 7.40. The maximum absolute atomic E-state index is 11.4. The molecule has 6 nitrogen and oxygen atoms in total. The summed E-state index contributed by atoms with van der Waals surface area (Å²) in [6, 6.07) is 14.2. The van der Waals surface area contributed by atoms with Gasteiger partial charge in [-0.15, -0.1) is 5.10 Å². The number of aromatic nitrogens is 2. The summed E-state index contributed by atoms with van der Waals surface area (Å²) in [5.74, 6) is 0.388. The van der Waals surface area contributed by atoms with Gasteiger partial charge < -0.3 is 4.74 Å². The highest BCUT2D eigenvalue weighted by molar-refractivity contribution is 6.30. The Morgan fingerprint density at radius 1 is 1.15 bits per heavy atom. The molecule has 0 saturated heterocycles. The minimum atomic E-state index is -0.375. The molecular formula is C20H20ClN3O3. The molecule has 0 atom stereocenters. The van der Waals surface area contributed by atoms with Gasteiger partial charge in [0, 0.05) is 23.4 Å². The fourth-order valence-electron chi connectivity index (χ4n) is 2.60. The Labute approximate surface area is 162 Å². The minimum Gasteiger partial charge on any atom is -0.471 e. The number of nitro groups is 1. The molecule has 0 bridgehead atoms. The zero-order valence-corrected chi connectivity index (χ0v) is 16.1. The predicted molar refractivity (Wildman–Crippen MR) is 105 cm³/mol. The van der Waals surface area contributed by atoms with Gasteiger partial charge in [-0.1, -0.05) is 38.4 Å². The van der Waals surface area contributed by atoms with Crippen molar-refractivity contribution in [1.29, 1.82) is 0 Å². The van der Waals surface area contributed by atoms with Gasteiger partial charge in [0.2, 0.25) is 5.88 Å². The Kier molecular flexibility index (Phi) is 5.19. The lowest BCUT2D eigenvalue weighted by atomic mass is 9.86. The monoisotopic (exact) mass is 385 g/mol. The number of hydrogen-bond acceptors (Lipinski definition) is 4. The highest BCUT2D eigenvalue weighted by Crippen LogP contribution is 2.29. The molecule has 1 heterocycles. The molecule has 0 aliphatic heterocycles. The zero-order chi connectivity index (χ0) is 19.6. The smallest absolute Gasteiger partial charge is 0.276 e. The van der Waals surface area contributed by atoms with E-state index in [4.69, 9.17) is 16.3 Å². The van der Waals surface area contributed by atoms with Crippen LogP contribution in [0.4, 0.5) is 5.69 Å². The molecule has 1 aromatic heterocycles. The van der Waals surface area contributed by atoms with Crippen molar-refractivity contribution in [3.05, 3.63) is 81.0 Å². The third-order valence-corrected chi connectivity index (χ3v) is 4.43. The molecule has 7 heteroatoms. The number of halogens is 1. The molecule has 0 amide bonds. The number of nitro benzene ring substituents is 1. The van der Waals surface area contributed by atoms with E-state index < -0.39 is 0 Å². The van der Waals surface area contributed by atoms with Crippen molar-refractivity contribution in [2.45, 2.75) is 32.8 Å². The highest BCUT2D eigenvalue weighted by Gasteiger charge is 2.21. The molecule has 0 aliphatic rings. The second-order valence-corrected chi connectivity index (χ2v) is 7.65. The van der Waals surface area contributed by atoms with Crippen LogP contribution >= 0.6 is 11.6 Å². The van der Waals surface area contributed by atoms with Gasteiger partial charge in [0.15, 0.2) is 0 Å². The molecule has 3 rings (SSSR count). The van der Waals surface area contributed by atoms with E-state index in [1.54, 1.807) is 41.2 Å². The first kappa shape index (κ1) is 18.9. The SMILES string of the molecule is CC(C)(C)c1ccc(COc2ccn(-c3ccc(Cl)cc3)n2)c([N+](=O)[O-])c1. The van der Waals surface area contributed by atoms with Crippen molar-refractivity contribution in [2.75, 3.05) is 0 Å². The Balaban J connectivity index is 1.77. The van der Waals surface area contributed by atoms with Crippen LogP contribution < -0.4 is 4.74 Å². The summed E-state index contributed by atoms with van der Waals surface area (Å²) in [7, 11) is 0. The molecule has 0 N–H and O–H groups in total. The Hall–Kier alpha value is -2.86. The van der Waals surface area contributed by atoms with Crippen LogP contribution in [0.5, 0.6) is 5.88 Å². The number of hydrogen-bond donors (Lipinski definition) is 0. The lowest BCUT2D eigenvalue weighted by molar-refractivity contribution is -0.385. The standard InChI is InChI=1S/C20H20ClN3O3/c1-20(2,3)15-5-4-14(18(12-15)24(25)26)13-27-19-10-11-23(22-19)17-8-6-16(21)7-9-17/h4-12H,13H2,1-3H3. The molecule has 0 aliphatic carbocycles. The largest absolute Gasteiger partial charge is 0.471 e. The van der Waals surface area contributed by atoms with E-state index in [1.165, 1.54) is 0 Å². The summed E-state index contributed by atoms with van der Waals surface area (Å²) in [6.45, 7) is 6.13. The number of nitrogens with zero attached hydrogens (tertiary/aromatic N) is 3. The van der Waals surface area contributed by atoms with E-state index in [-0.39, 0.29) is 22.6 Å². The van der Waals surface area contributed by atoms with Gasteiger partial charge >= 0.3 is 0 Å². The first-order valence-electron chi connectivity index (χ1n) is 8.46. The van der Waals surface area contributed by atoms with Crippen molar-refractivity contribution >= 4 is 17.3 Å². The number of benzene rings is 2. The third-order valence-electron chi connectivity index (χ3n) is 4.18. The molecule has 3 aromatic rings. The topological polar surface area (TPSA) is 70.2 Å². The van der Waals surface area contributed by atoms with Gasteiger partial charge in [-0.3, -0.25) is 10.1 Å². The fraction of sp³-hybridized carbons (Fsp3) is 0.250. The van der Waals surface area contributed by atoms with Crippen LogP contribution in [-0.2, 0) is 12.0 Å². The van der Waals surface area contributed by atoms with E-state index in [1.807, 2.05) is 39.0 Å². The molecular weight excluding hydrogens is 366 g/mol. The average molecular weight is 386 g/mol. The van der Waals surface area contributed by atoms with Crippen LogP contribution in [0, 0.1) is 10.1 Å². The number of rotatable bonds is 5. The summed E-state index contributed by atoms with van der Waals surface area (Å²) in [4.78, 5) is 11.1. The van der Waals surface area contributed by atoms with Crippen molar-refractivity contribution in [1.82, 2.24) is 9.78 Å². The van der Waals surface area contributed by atoms with Crippen molar-refractivity contribution in [3.8, 4) is 11.6 Å². The van der Waals surface area contributed by atoms with Crippen LogP contribution in [-0.4, -0.2) is 14.7 Å². The molecule has 2 aromatic carbocycles. The Morgan fingerprint density at radius 2 is 1.85 bits per heavy atom. The van der Waals surface area contributed by atoms with E-state index in [0.717, 1.165) is 11.3 Å². The predicted octanol–water partition coefficient (Wildman–Crippen LogP) is 5.31. The van der Waals surface area contributed by atoms with Crippen LogP contribution in [0.2, 0.25) is 5.02 Å². The van der Waals surface area contributed by atoms with Crippen molar-refractivity contribution < 1.29 is 9.66 Å². The van der Waals surface area contributed by atoms with Gasteiger partial charge in [-0.25, -0.2) is 4.68 Å². The third kappa shape index (κ3) is 4.46. The lowest BCUT2D eigenvalue weighted by Crippen LogP contribution is -2.12. The molecule has 0 unspecified atom stereocenters. The van der Waals surface area contributed by atoms with Crippen molar-refractivity contribution in [3.63, 3.8) is 0 Å². The van der Waals surface area contributed by atoms with Crippen molar-refractivity contribution in [2.24, 2.45) is 0 Å². The van der Waals surface area contributed by atoms with E-state index >= 15 is 0 Å². The maximum atomic E-state index is 11.4. The molecule has 0 spiro atoms. The zero-order valence-electron chi connectivity index (χ0n) is 15.3. The fourth-order valence-corrected chi connectivity index (χ4v) is 2.72. The van der Waals surface area contributed by atoms with E-state index in [9.17, 15) is 10.1 Å². The number of ether oxygens (including phenoxy) is 1. The summed E-state index contributed by atoms with van der Waals surface area (Å²) in [5.41, 5.74) is 2.15. The quantitative estimate of drug-likeness (QED) is 0.440. The molecule has 0 radical (unpaired) electrons. The summed E-state index contributed by atoms with van der Waals surface area (Å²) >= 11 is 5.89. The van der Waals surface area contributed by atoms with Crippen LogP contribution in [0.25, 0.3) is 5.69 Å². The van der Waals surface area contributed by atoms with Gasteiger partial charge in [0.25, 0.3) is 5.69 Å². The Morgan fingerprint density at radius 3 is 2.48 bits per heavy atom. The van der Waals surface area contributed by atoms with E-state index in [2.05, 4.69) is 5.10 Å². The summed E-state index contributed by atoms with van der Waals surface area (Å²) in [5, 5.41) is 16.4. The lowest BCUT2D eigenvalue weighted by Gasteiger charge is -2.19. The summed E-state index contributed by atoms with van der Waals surface area (Å²) < 4.78 is 7.33. The molecule has 0 fully saturated rings. The average Bonchev–Trinajstić information content (AvgIpc) is 3.08. The van der Waals surface area contributed by atoms with Crippen LogP contribution in [0.1, 0.15) is 31.9 Å². The van der Waals surface area contributed by atoms with Gasteiger partial charge in [-0.05, 0) is 41.3 Å². The molecule has 0 saturated carbocycles. The van der Waals surface area contributed by atoms with Gasteiger partial charge in [-0.2, -0.15) is 0 Å².